The summed E-state index contributed by atoms with van der Waals surface area (Å²) in [4.78, 5) is 48.9. The van der Waals surface area contributed by atoms with Gasteiger partial charge in [0.1, 0.15) is 6.04 Å². The second-order valence-corrected chi connectivity index (χ2v) is 14.4. The minimum atomic E-state index is -0.750. The number of hydrogen-bond donors (Lipinski definition) is 1. The van der Waals surface area contributed by atoms with Crippen LogP contribution in [0.1, 0.15) is 59.4 Å². The third kappa shape index (κ3) is 5.50. The van der Waals surface area contributed by atoms with Crippen LogP contribution in [-0.2, 0) is 20.9 Å². The molecule has 0 aliphatic carbocycles. The highest BCUT2D eigenvalue weighted by Crippen LogP contribution is 2.67. The van der Waals surface area contributed by atoms with Gasteiger partial charge in [-0.2, -0.15) is 0 Å². The van der Waals surface area contributed by atoms with Gasteiger partial charge in [-0.05, 0) is 45.1 Å². The monoisotopic (exact) mass is 581 g/mol. The summed E-state index contributed by atoms with van der Waals surface area (Å²) < 4.78 is -0.711. The summed E-state index contributed by atoms with van der Waals surface area (Å²) in [7, 11) is 0. The molecule has 4 rings (SSSR count). The number of thioether (sulfide) groups is 1. The van der Waals surface area contributed by atoms with E-state index < -0.39 is 34.2 Å². The number of carbonyl (C=O) groups excluding carboxylic acids is 3. The Hall–Kier alpha value is -2.58. The van der Waals surface area contributed by atoms with E-state index in [-0.39, 0.29) is 35.5 Å². The highest BCUT2D eigenvalue weighted by Gasteiger charge is 2.75. The van der Waals surface area contributed by atoms with Gasteiger partial charge in [0.15, 0.2) is 0 Å². The molecule has 0 saturated carbocycles. The van der Waals surface area contributed by atoms with Gasteiger partial charge >= 0.3 is 0 Å². The molecular formula is C33H47N3O4S. The summed E-state index contributed by atoms with van der Waals surface area (Å²) >= 11 is 1.67. The van der Waals surface area contributed by atoms with Crippen LogP contribution in [0.25, 0.3) is 0 Å². The predicted molar refractivity (Wildman–Crippen MR) is 165 cm³/mol. The fraction of sp³-hybridized carbons (Fsp3) is 0.606. The van der Waals surface area contributed by atoms with E-state index in [1.165, 1.54) is 0 Å². The van der Waals surface area contributed by atoms with Gasteiger partial charge in [-0.25, -0.2) is 0 Å². The van der Waals surface area contributed by atoms with Gasteiger partial charge in [0.05, 0.1) is 29.2 Å². The van der Waals surface area contributed by atoms with Crippen molar-refractivity contribution in [3.05, 3.63) is 61.2 Å². The molecule has 41 heavy (non-hydrogen) atoms. The second kappa shape index (κ2) is 12.3. The predicted octanol–water partition coefficient (Wildman–Crippen LogP) is 4.51. The topological polar surface area (TPSA) is 81.2 Å². The van der Waals surface area contributed by atoms with Crippen molar-refractivity contribution in [3.8, 4) is 0 Å². The van der Waals surface area contributed by atoms with Crippen molar-refractivity contribution in [1.29, 1.82) is 0 Å². The average Bonchev–Trinajstić information content (AvgIpc) is 3.58. The van der Waals surface area contributed by atoms with E-state index in [4.69, 9.17) is 0 Å². The first kappa shape index (κ1) is 31.4. The summed E-state index contributed by atoms with van der Waals surface area (Å²) in [6, 6.07) is 8.60. The largest absolute Gasteiger partial charge is 0.394 e. The van der Waals surface area contributed by atoms with Crippen LogP contribution in [0, 0.1) is 17.8 Å². The summed E-state index contributed by atoms with van der Waals surface area (Å²) in [6.45, 7) is 18.7. The summed E-state index contributed by atoms with van der Waals surface area (Å²) in [5.74, 6) is -1.49. The zero-order valence-corrected chi connectivity index (χ0v) is 26.1. The normalized spacial score (nSPS) is 28.2. The first-order valence-electron chi connectivity index (χ1n) is 14.9. The number of likely N-dealkylation sites (tertiary alicyclic amines) is 1. The third-order valence-electron chi connectivity index (χ3n) is 9.37. The molecule has 2 bridgehead atoms. The van der Waals surface area contributed by atoms with E-state index >= 15 is 0 Å². The maximum Gasteiger partial charge on any atom is 0.247 e. The number of nitrogens with zero attached hydrogens (tertiary/aromatic N) is 3. The molecule has 1 aromatic carbocycles. The van der Waals surface area contributed by atoms with Gasteiger partial charge in [0, 0.05) is 30.4 Å². The lowest BCUT2D eigenvalue weighted by atomic mass is 9.70. The molecule has 1 N–H and O–H groups in total. The van der Waals surface area contributed by atoms with Crippen molar-refractivity contribution < 1.29 is 19.5 Å². The van der Waals surface area contributed by atoms with Crippen LogP contribution in [0.2, 0.25) is 0 Å². The van der Waals surface area contributed by atoms with Crippen molar-refractivity contribution in [1.82, 2.24) is 14.7 Å². The van der Waals surface area contributed by atoms with Crippen molar-refractivity contribution in [2.75, 3.05) is 19.7 Å². The number of fused-ring (bicyclic) bond motifs is 1. The van der Waals surface area contributed by atoms with E-state index in [0.29, 0.717) is 26.1 Å². The van der Waals surface area contributed by atoms with Crippen molar-refractivity contribution in [2.24, 2.45) is 17.8 Å². The summed E-state index contributed by atoms with van der Waals surface area (Å²) in [5, 5.41) is 10.6. The van der Waals surface area contributed by atoms with Crippen molar-refractivity contribution in [3.63, 3.8) is 0 Å². The van der Waals surface area contributed by atoms with Crippen LogP contribution in [-0.4, -0.2) is 84.8 Å². The standard InChI is InChI=1S/C33H47N3O4S/c1-8-18-34(20-23-14-12-11-13-15-23)29(38)26-25-16-17-33(41-25)27(26)30(39)36(24(21-37)22(4)10-3)28(33)31(40)35(19-9-2)32(5,6)7/h8-9,11-15,22,24-28,37H,1-2,10,16-21H2,3-7H3/t22-,24-,25+,26-,27-,28?,33?/m0/s1. The molecule has 2 unspecified atom stereocenters. The van der Waals surface area contributed by atoms with Gasteiger partial charge in [0.2, 0.25) is 17.7 Å². The van der Waals surface area contributed by atoms with Crippen LogP contribution < -0.4 is 0 Å². The molecule has 1 aromatic rings. The molecule has 224 valence electrons. The summed E-state index contributed by atoms with van der Waals surface area (Å²) in [5.41, 5.74) is 0.523. The van der Waals surface area contributed by atoms with E-state index in [9.17, 15) is 19.5 Å². The van der Waals surface area contributed by atoms with Crippen LogP contribution in [0.5, 0.6) is 0 Å². The van der Waals surface area contributed by atoms with Gasteiger partial charge in [-0.3, -0.25) is 14.4 Å². The fourth-order valence-electron chi connectivity index (χ4n) is 7.20. The Labute approximate surface area is 250 Å². The second-order valence-electron chi connectivity index (χ2n) is 12.8. The minimum absolute atomic E-state index is 0.0105. The minimum Gasteiger partial charge on any atom is -0.394 e. The SMILES string of the molecule is C=CCN(Cc1ccccc1)C(=O)[C@@H]1[C@H]2C(=O)N([C@@H](CO)[C@@H](C)CC)C(C(=O)N(CC=C)C(C)(C)C)C23CC[C@H]1S3. The van der Waals surface area contributed by atoms with Gasteiger partial charge in [-0.15, -0.1) is 24.9 Å². The molecule has 1 spiro atoms. The maximum atomic E-state index is 14.6. The molecule has 0 aromatic heterocycles. The Morgan fingerprint density at radius 2 is 1.83 bits per heavy atom. The highest BCUT2D eigenvalue weighted by molar-refractivity contribution is 8.02. The number of benzene rings is 1. The number of carbonyl (C=O) groups is 3. The Bertz CT molecular complexity index is 1150. The molecule has 3 fully saturated rings. The van der Waals surface area contributed by atoms with Crippen LogP contribution in [0.15, 0.2) is 55.6 Å². The van der Waals surface area contributed by atoms with E-state index in [1.807, 2.05) is 65.0 Å². The molecule has 0 radical (unpaired) electrons. The number of rotatable bonds is 12. The van der Waals surface area contributed by atoms with Crippen LogP contribution in [0.4, 0.5) is 0 Å². The quantitative estimate of drug-likeness (QED) is 0.368. The lowest BCUT2D eigenvalue weighted by Crippen LogP contribution is -2.61. The van der Waals surface area contributed by atoms with Crippen LogP contribution in [0.3, 0.4) is 0 Å². The zero-order chi connectivity index (χ0) is 30.1. The van der Waals surface area contributed by atoms with Gasteiger partial charge in [-0.1, -0.05) is 62.8 Å². The Morgan fingerprint density at radius 3 is 2.39 bits per heavy atom. The lowest BCUT2D eigenvalue weighted by Gasteiger charge is -2.44. The molecule has 3 saturated heterocycles. The molecule has 8 heteroatoms. The molecular weight excluding hydrogens is 534 g/mol. The lowest BCUT2D eigenvalue weighted by molar-refractivity contribution is -0.150. The van der Waals surface area contributed by atoms with E-state index in [2.05, 4.69) is 13.2 Å². The van der Waals surface area contributed by atoms with Crippen LogP contribution >= 0.6 is 11.8 Å². The Kier molecular flexibility index (Phi) is 9.44. The number of aliphatic hydroxyl groups excluding tert-OH is 1. The molecule has 3 heterocycles. The molecule has 7 nitrogen and oxygen atoms in total. The van der Waals surface area contributed by atoms with E-state index in [1.54, 1.807) is 38.6 Å². The molecule has 3 aliphatic heterocycles. The number of amides is 3. The molecule has 3 amide bonds. The molecule has 3 aliphatic rings. The average molecular weight is 582 g/mol. The Morgan fingerprint density at radius 1 is 1.17 bits per heavy atom. The third-order valence-corrected chi connectivity index (χ3v) is 11.3. The fourth-order valence-corrected chi connectivity index (χ4v) is 9.39. The van der Waals surface area contributed by atoms with Gasteiger partial charge < -0.3 is 19.8 Å². The van der Waals surface area contributed by atoms with Crippen molar-refractivity contribution >= 4 is 29.5 Å². The smallest absolute Gasteiger partial charge is 0.247 e. The molecule has 7 atom stereocenters. The van der Waals surface area contributed by atoms with Crippen molar-refractivity contribution in [2.45, 2.75) is 88.0 Å². The summed E-state index contributed by atoms with van der Waals surface area (Å²) in [6.07, 6.45) is 5.68. The number of aliphatic hydroxyl groups is 1. The Balaban J connectivity index is 1.79. The number of hydrogen-bond acceptors (Lipinski definition) is 5. The van der Waals surface area contributed by atoms with E-state index in [0.717, 1.165) is 18.4 Å². The highest BCUT2D eigenvalue weighted by atomic mass is 32.2. The maximum absolute atomic E-state index is 14.6. The zero-order valence-electron chi connectivity index (χ0n) is 25.3. The first-order valence-corrected chi connectivity index (χ1v) is 15.8. The first-order chi connectivity index (χ1) is 19.5. The van der Waals surface area contributed by atoms with Gasteiger partial charge in [0.25, 0.3) is 0 Å².